The maximum atomic E-state index is 13.1. The van der Waals surface area contributed by atoms with Crippen LogP contribution < -0.4 is 10.6 Å². The Kier molecular flexibility index (Phi) is 12.6. The van der Waals surface area contributed by atoms with Gasteiger partial charge in [0.25, 0.3) is 0 Å². The maximum absolute atomic E-state index is 13.1. The SMILES string of the molecule is CCCN(Cc1ccc(Nc2ccccc2)cc1)C(=O)OC(=O)C1CCC1C(=O)OC(=O)N(CCC)Cc1ccc(Nc2ccccc2)cc1. The van der Waals surface area contributed by atoms with Crippen LogP contribution in [0.2, 0.25) is 0 Å². The summed E-state index contributed by atoms with van der Waals surface area (Å²) in [6.07, 6.45) is 0.535. The summed E-state index contributed by atoms with van der Waals surface area (Å²) >= 11 is 0. The van der Waals surface area contributed by atoms with Gasteiger partial charge in [-0.15, -0.1) is 0 Å². The number of anilines is 4. The van der Waals surface area contributed by atoms with Crippen molar-refractivity contribution in [2.45, 2.75) is 52.6 Å². The van der Waals surface area contributed by atoms with E-state index < -0.39 is 36.0 Å². The van der Waals surface area contributed by atoms with Gasteiger partial charge in [-0.2, -0.15) is 0 Å². The standard InChI is InChI=1S/C40H44N4O6/c1-3-25-43(27-29-15-19-33(20-16-29)41-31-11-7-5-8-12-31)39(47)49-37(45)35-23-24-36(35)38(46)50-40(48)44(26-4-2)28-30-17-21-34(22-18-30)42-32-13-9-6-10-14-32/h5-22,35-36,41-42H,3-4,23-28H2,1-2H3. The lowest BCUT2D eigenvalue weighted by atomic mass is 9.74. The van der Waals surface area contributed by atoms with Crippen molar-refractivity contribution in [1.82, 2.24) is 9.80 Å². The van der Waals surface area contributed by atoms with Crippen LogP contribution >= 0.6 is 0 Å². The third-order valence-electron chi connectivity index (χ3n) is 8.54. The van der Waals surface area contributed by atoms with E-state index in [4.69, 9.17) is 9.47 Å². The Morgan fingerprint density at radius 2 is 0.880 bits per heavy atom. The zero-order chi connectivity index (χ0) is 35.3. The van der Waals surface area contributed by atoms with Crippen LogP contribution in [0.25, 0.3) is 0 Å². The Morgan fingerprint density at radius 1 is 0.540 bits per heavy atom. The number of amides is 2. The first-order valence-corrected chi connectivity index (χ1v) is 17.2. The average Bonchev–Trinajstić information content (AvgIpc) is 3.10. The molecule has 2 unspecified atom stereocenters. The molecule has 0 saturated heterocycles. The van der Waals surface area contributed by atoms with Crippen molar-refractivity contribution >= 4 is 46.9 Å². The molecule has 260 valence electrons. The highest BCUT2D eigenvalue weighted by Crippen LogP contribution is 2.36. The number of esters is 2. The van der Waals surface area contributed by atoms with Gasteiger partial charge in [0.15, 0.2) is 0 Å². The molecule has 0 heterocycles. The van der Waals surface area contributed by atoms with Crippen molar-refractivity contribution < 1.29 is 28.7 Å². The van der Waals surface area contributed by atoms with Crippen LogP contribution in [0.1, 0.15) is 50.7 Å². The van der Waals surface area contributed by atoms with E-state index in [-0.39, 0.29) is 13.1 Å². The van der Waals surface area contributed by atoms with Crippen molar-refractivity contribution in [2.75, 3.05) is 23.7 Å². The minimum atomic E-state index is -0.852. The highest BCUT2D eigenvalue weighted by Gasteiger charge is 2.45. The molecule has 1 saturated carbocycles. The summed E-state index contributed by atoms with van der Waals surface area (Å²) in [6, 6.07) is 35.0. The maximum Gasteiger partial charge on any atom is 0.417 e. The van der Waals surface area contributed by atoms with Gasteiger partial charge in [-0.25, -0.2) is 9.59 Å². The molecule has 0 spiro atoms. The molecular formula is C40H44N4O6. The van der Waals surface area contributed by atoms with E-state index in [2.05, 4.69) is 10.6 Å². The lowest BCUT2D eigenvalue weighted by molar-refractivity contribution is -0.161. The van der Waals surface area contributed by atoms with Crippen molar-refractivity contribution in [1.29, 1.82) is 0 Å². The topological polar surface area (TPSA) is 117 Å². The van der Waals surface area contributed by atoms with Gasteiger partial charge in [0.2, 0.25) is 0 Å². The summed E-state index contributed by atoms with van der Waals surface area (Å²) in [4.78, 5) is 55.2. The van der Waals surface area contributed by atoms with Crippen LogP contribution in [-0.4, -0.2) is 47.0 Å². The monoisotopic (exact) mass is 676 g/mol. The summed E-state index contributed by atoms with van der Waals surface area (Å²) in [7, 11) is 0. The molecule has 0 aromatic heterocycles. The second-order valence-electron chi connectivity index (χ2n) is 12.4. The van der Waals surface area contributed by atoms with Gasteiger partial charge < -0.3 is 29.9 Å². The summed E-state index contributed by atoms with van der Waals surface area (Å²) in [5.41, 5.74) is 5.50. The molecule has 0 radical (unpaired) electrons. The molecule has 2 N–H and O–H groups in total. The summed E-state index contributed by atoms with van der Waals surface area (Å²) in [5, 5.41) is 6.65. The zero-order valence-corrected chi connectivity index (χ0v) is 28.5. The minimum Gasteiger partial charge on any atom is -0.376 e. The van der Waals surface area contributed by atoms with Gasteiger partial charge in [-0.05, 0) is 85.3 Å². The second-order valence-corrected chi connectivity index (χ2v) is 12.4. The first-order valence-electron chi connectivity index (χ1n) is 17.2. The van der Waals surface area contributed by atoms with Gasteiger partial charge in [-0.1, -0.05) is 74.5 Å². The van der Waals surface area contributed by atoms with E-state index in [0.29, 0.717) is 38.8 Å². The lowest BCUT2D eigenvalue weighted by Gasteiger charge is -2.33. The number of rotatable bonds is 14. The van der Waals surface area contributed by atoms with E-state index in [1.807, 2.05) is 123 Å². The third-order valence-corrected chi connectivity index (χ3v) is 8.54. The molecule has 1 aliphatic rings. The molecule has 5 rings (SSSR count). The molecule has 10 nitrogen and oxygen atoms in total. The number of benzene rings is 4. The molecule has 4 aromatic carbocycles. The highest BCUT2D eigenvalue weighted by atomic mass is 16.6. The minimum absolute atomic E-state index is 0.260. The van der Waals surface area contributed by atoms with Crippen LogP contribution in [-0.2, 0) is 32.2 Å². The van der Waals surface area contributed by atoms with Gasteiger partial charge in [0.05, 0.1) is 11.8 Å². The largest absolute Gasteiger partial charge is 0.417 e. The molecule has 10 heteroatoms. The number of nitrogens with one attached hydrogen (secondary N) is 2. The number of hydrogen-bond acceptors (Lipinski definition) is 8. The van der Waals surface area contributed by atoms with Crippen molar-refractivity contribution in [3.05, 3.63) is 120 Å². The smallest absolute Gasteiger partial charge is 0.376 e. The van der Waals surface area contributed by atoms with E-state index in [0.717, 1.165) is 33.9 Å². The number of ether oxygens (including phenoxy) is 2. The summed E-state index contributed by atoms with van der Waals surface area (Å²) in [6.45, 7) is 5.17. The van der Waals surface area contributed by atoms with Gasteiger partial charge in [-0.3, -0.25) is 9.59 Å². The predicted octanol–water partition coefficient (Wildman–Crippen LogP) is 8.65. The fourth-order valence-corrected chi connectivity index (χ4v) is 5.73. The first kappa shape index (κ1) is 35.7. The quantitative estimate of drug-likeness (QED) is 0.101. The first-order chi connectivity index (χ1) is 24.3. The Morgan fingerprint density at radius 3 is 1.20 bits per heavy atom. The van der Waals surface area contributed by atoms with E-state index >= 15 is 0 Å². The van der Waals surface area contributed by atoms with Crippen molar-refractivity contribution in [3.63, 3.8) is 0 Å². The molecule has 4 aromatic rings. The molecular weight excluding hydrogens is 632 g/mol. The highest BCUT2D eigenvalue weighted by molar-refractivity contribution is 5.93. The number of hydrogen-bond donors (Lipinski definition) is 2. The fraction of sp³-hybridized carbons (Fsp3) is 0.300. The number of para-hydroxylation sites is 2. The van der Waals surface area contributed by atoms with Gasteiger partial charge in [0.1, 0.15) is 0 Å². The second kappa shape index (κ2) is 17.7. The van der Waals surface area contributed by atoms with Crippen LogP contribution in [0.4, 0.5) is 32.3 Å². The van der Waals surface area contributed by atoms with Crippen molar-refractivity contribution in [3.8, 4) is 0 Å². The number of carbonyl (C=O) groups excluding carboxylic acids is 4. The molecule has 1 aliphatic carbocycles. The Hall–Kier alpha value is -5.64. The molecule has 0 bridgehead atoms. The normalized spacial score (nSPS) is 14.8. The van der Waals surface area contributed by atoms with Gasteiger partial charge >= 0.3 is 24.1 Å². The van der Waals surface area contributed by atoms with Crippen molar-refractivity contribution in [2.24, 2.45) is 11.8 Å². The Bertz CT molecular complexity index is 1590. The van der Waals surface area contributed by atoms with Crippen LogP contribution in [0.5, 0.6) is 0 Å². The number of carbonyl (C=O) groups is 4. The van der Waals surface area contributed by atoms with Gasteiger partial charge in [0, 0.05) is 48.9 Å². The third kappa shape index (κ3) is 9.95. The van der Waals surface area contributed by atoms with E-state index in [9.17, 15) is 19.2 Å². The molecule has 1 fully saturated rings. The molecule has 0 aliphatic heterocycles. The summed E-state index contributed by atoms with van der Waals surface area (Å²) < 4.78 is 10.5. The van der Waals surface area contributed by atoms with Crippen LogP contribution in [0, 0.1) is 11.8 Å². The lowest BCUT2D eigenvalue weighted by Crippen LogP contribution is -2.44. The summed E-state index contributed by atoms with van der Waals surface area (Å²) in [5.74, 6) is -3.27. The van der Waals surface area contributed by atoms with E-state index in [1.165, 1.54) is 9.80 Å². The predicted molar refractivity (Wildman–Crippen MR) is 193 cm³/mol. The van der Waals surface area contributed by atoms with Crippen LogP contribution in [0.3, 0.4) is 0 Å². The number of nitrogens with zero attached hydrogens (tertiary/aromatic N) is 2. The fourth-order valence-electron chi connectivity index (χ4n) is 5.73. The Balaban J connectivity index is 1.11. The molecule has 2 atom stereocenters. The Labute approximate surface area is 293 Å². The van der Waals surface area contributed by atoms with E-state index in [1.54, 1.807) is 0 Å². The average molecular weight is 677 g/mol. The molecule has 2 amide bonds. The zero-order valence-electron chi connectivity index (χ0n) is 28.5. The molecule has 50 heavy (non-hydrogen) atoms. The van der Waals surface area contributed by atoms with Crippen LogP contribution in [0.15, 0.2) is 109 Å².